The first-order chi connectivity index (χ1) is 8.41. The summed E-state index contributed by atoms with van der Waals surface area (Å²) in [6, 6.07) is 4.33. The molecular weight excluding hydrogens is 301 g/mol. The van der Waals surface area contributed by atoms with E-state index in [2.05, 4.69) is 21.2 Å². The van der Waals surface area contributed by atoms with Gasteiger partial charge in [-0.3, -0.25) is 4.79 Å². The zero-order valence-electron chi connectivity index (χ0n) is 10.4. The summed E-state index contributed by atoms with van der Waals surface area (Å²) in [4.78, 5) is 11.0. The second kappa shape index (κ2) is 6.85. The van der Waals surface area contributed by atoms with Crippen molar-refractivity contribution in [3.63, 3.8) is 0 Å². The molecule has 5 heteroatoms. The fraction of sp³-hybridized carbons (Fsp3) is 0.462. The zero-order chi connectivity index (χ0) is 13.7. The number of nitrogens with one attached hydrogen (secondary N) is 1. The van der Waals surface area contributed by atoms with E-state index in [1.54, 1.807) is 18.2 Å². The third-order valence-electron chi connectivity index (χ3n) is 2.58. The van der Waals surface area contributed by atoms with Crippen LogP contribution < -0.4 is 5.32 Å². The fourth-order valence-corrected chi connectivity index (χ4v) is 2.07. The van der Waals surface area contributed by atoms with Gasteiger partial charge in [-0.25, -0.2) is 4.39 Å². The minimum absolute atomic E-state index is 0.203. The molecule has 0 spiro atoms. The summed E-state index contributed by atoms with van der Waals surface area (Å²) in [5.74, 6) is -0.983. The van der Waals surface area contributed by atoms with E-state index in [9.17, 15) is 9.18 Å². The van der Waals surface area contributed by atoms with E-state index in [0.29, 0.717) is 16.5 Å². The Balaban J connectivity index is 2.67. The minimum Gasteiger partial charge on any atom is -0.480 e. The Kier molecular flexibility index (Phi) is 5.75. The number of carboxylic acids is 1. The maximum absolute atomic E-state index is 13.7. The molecule has 1 atom stereocenters. The first kappa shape index (κ1) is 15.1. The van der Waals surface area contributed by atoms with Crippen molar-refractivity contribution in [2.24, 2.45) is 5.92 Å². The van der Waals surface area contributed by atoms with E-state index >= 15 is 0 Å². The minimum atomic E-state index is -0.904. The molecule has 0 saturated carbocycles. The summed E-state index contributed by atoms with van der Waals surface area (Å²) < 4.78 is 14.1. The van der Waals surface area contributed by atoms with Crippen LogP contribution in [0.15, 0.2) is 22.7 Å². The predicted octanol–water partition coefficient (Wildman–Crippen LogP) is 3.18. The molecule has 2 N–H and O–H groups in total. The van der Waals surface area contributed by atoms with E-state index in [4.69, 9.17) is 5.11 Å². The molecule has 0 aliphatic rings. The molecule has 1 rings (SSSR count). The van der Waals surface area contributed by atoms with Gasteiger partial charge in [-0.05, 0) is 34.3 Å². The highest BCUT2D eigenvalue weighted by Gasteiger charge is 2.18. The number of hydrogen-bond donors (Lipinski definition) is 2. The van der Waals surface area contributed by atoms with Crippen LogP contribution >= 0.6 is 15.9 Å². The summed E-state index contributed by atoms with van der Waals surface area (Å²) in [5, 5.41) is 11.9. The largest absolute Gasteiger partial charge is 0.480 e. The van der Waals surface area contributed by atoms with Gasteiger partial charge in [-0.1, -0.05) is 26.0 Å². The van der Waals surface area contributed by atoms with Gasteiger partial charge < -0.3 is 10.4 Å². The standard InChI is InChI=1S/C13H17BrFNO2/c1-8(2)6-11(13(17)18)16-7-9-4-3-5-10(14)12(9)15/h3-5,8,11,16H,6-7H2,1-2H3,(H,17,18). The van der Waals surface area contributed by atoms with Crippen molar-refractivity contribution in [2.75, 3.05) is 0 Å². The summed E-state index contributed by atoms with van der Waals surface area (Å²) in [5.41, 5.74) is 0.458. The van der Waals surface area contributed by atoms with Crippen molar-refractivity contribution >= 4 is 21.9 Å². The van der Waals surface area contributed by atoms with Gasteiger partial charge in [0.25, 0.3) is 0 Å². The Labute approximate surface area is 115 Å². The van der Waals surface area contributed by atoms with E-state index in [1.165, 1.54) is 0 Å². The molecule has 0 aliphatic heterocycles. The van der Waals surface area contributed by atoms with Crippen molar-refractivity contribution in [1.29, 1.82) is 0 Å². The van der Waals surface area contributed by atoms with Crippen molar-refractivity contribution in [3.05, 3.63) is 34.1 Å². The molecule has 1 aromatic carbocycles. The highest BCUT2D eigenvalue weighted by atomic mass is 79.9. The smallest absolute Gasteiger partial charge is 0.320 e. The lowest BCUT2D eigenvalue weighted by atomic mass is 10.0. The Morgan fingerprint density at radius 2 is 2.17 bits per heavy atom. The first-order valence-corrected chi connectivity index (χ1v) is 6.60. The molecule has 0 aromatic heterocycles. The van der Waals surface area contributed by atoms with Crippen LogP contribution in [-0.2, 0) is 11.3 Å². The number of hydrogen-bond acceptors (Lipinski definition) is 2. The Hall–Kier alpha value is -0.940. The van der Waals surface area contributed by atoms with Crippen molar-refractivity contribution in [3.8, 4) is 0 Å². The number of halogens is 2. The molecule has 0 bridgehead atoms. The van der Waals surface area contributed by atoms with Crippen LogP contribution in [0.3, 0.4) is 0 Å². The summed E-state index contributed by atoms with van der Waals surface area (Å²) >= 11 is 3.10. The van der Waals surface area contributed by atoms with Gasteiger partial charge in [0, 0.05) is 12.1 Å². The maximum Gasteiger partial charge on any atom is 0.320 e. The summed E-state index contributed by atoms with van der Waals surface area (Å²) in [7, 11) is 0. The monoisotopic (exact) mass is 317 g/mol. The molecule has 0 fully saturated rings. The van der Waals surface area contributed by atoms with Gasteiger partial charge in [0.05, 0.1) is 4.47 Å². The van der Waals surface area contributed by atoms with Gasteiger partial charge in [-0.2, -0.15) is 0 Å². The molecule has 3 nitrogen and oxygen atoms in total. The van der Waals surface area contributed by atoms with Gasteiger partial charge in [0.1, 0.15) is 11.9 Å². The van der Waals surface area contributed by atoms with Crippen LogP contribution in [0.2, 0.25) is 0 Å². The topological polar surface area (TPSA) is 49.3 Å². The van der Waals surface area contributed by atoms with Crippen LogP contribution in [0.25, 0.3) is 0 Å². The third kappa shape index (κ3) is 4.38. The second-order valence-electron chi connectivity index (χ2n) is 4.61. The molecule has 0 heterocycles. The molecule has 18 heavy (non-hydrogen) atoms. The average Bonchev–Trinajstić information content (AvgIpc) is 2.28. The quantitative estimate of drug-likeness (QED) is 0.847. The van der Waals surface area contributed by atoms with Gasteiger partial charge in [0.15, 0.2) is 0 Å². The van der Waals surface area contributed by atoms with Crippen LogP contribution in [0, 0.1) is 11.7 Å². The molecule has 100 valence electrons. The van der Waals surface area contributed by atoms with Gasteiger partial charge in [-0.15, -0.1) is 0 Å². The number of carbonyl (C=O) groups is 1. The fourth-order valence-electron chi connectivity index (χ4n) is 1.66. The average molecular weight is 318 g/mol. The van der Waals surface area contributed by atoms with E-state index in [-0.39, 0.29) is 18.3 Å². The van der Waals surface area contributed by atoms with Crippen LogP contribution in [-0.4, -0.2) is 17.1 Å². The van der Waals surface area contributed by atoms with Crippen LogP contribution in [0.1, 0.15) is 25.8 Å². The predicted molar refractivity (Wildman–Crippen MR) is 71.8 cm³/mol. The van der Waals surface area contributed by atoms with E-state index in [1.807, 2.05) is 13.8 Å². The molecule has 0 radical (unpaired) electrons. The van der Waals surface area contributed by atoms with Gasteiger partial charge in [0.2, 0.25) is 0 Å². The van der Waals surface area contributed by atoms with Crippen LogP contribution in [0.4, 0.5) is 4.39 Å². The lowest BCUT2D eigenvalue weighted by Crippen LogP contribution is -2.37. The highest BCUT2D eigenvalue weighted by molar-refractivity contribution is 9.10. The Morgan fingerprint density at radius 3 is 2.72 bits per heavy atom. The van der Waals surface area contributed by atoms with Gasteiger partial charge >= 0.3 is 5.97 Å². The number of rotatable bonds is 6. The Bertz CT molecular complexity index is 423. The molecule has 0 amide bonds. The molecule has 1 aromatic rings. The molecule has 0 aliphatic carbocycles. The number of carboxylic acid groups (broad SMARTS) is 1. The van der Waals surface area contributed by atoms with Crippen molar-refractivity contribution < 1.29 is 14.3 Å². The van der Waals surface area contributed by atoms with Crippen molar-refractivity contribution in [1.82, 2.24) is 5.32 Å². The summed E-state index contributed by atoms with van der Waals surface area (Å²) in [6.45, 7) is 4.11. The SMILES string of the molecule is CC(C)CC(NCc1cccc(Br)c1F)C(=O)O. The molecule has 0 saturated heterocycles. The third-order valence-corrected chi connectivity index (χ3v) is 3.19. The molecule has 1 unspecified atom stereocenters. The van der Waals surface area contributed by atoms with E-state index < -0.39 is 12.0 Å². The highest BCUT2D eigenvalue weighted by Crippen LogP contribution is 2.18. The molecular formula is C13H17BrFNO2. The van der Waals surface area contributed by atoms with Crippen molar-refractivity contribution in [2.45, 2.75) is 32.9 Å². The first-order valence-electron chi connectivity index (χ1n) is 5.81. The van der Waals surface area contributed by atoms with Crippen LogP contribution in [0.5, 0.6) is 0 Å². The lowest BCUT2D eigenvalue weighted by Gasteiger charge is -2.16. The summed E-state index contributed by atoms with van der Waals surface area (Å²) in [6.07, 6.45) is 0.519. The maximum atomic E-state index is 13.7. The normalized spacial score (nSPS) is 12.7. The lowest BCUT2D eigenvalue weighted by molar-refractivity contribution is -0.140. The number of benzene rings is 1. The van der Waals surface area contributed by atoms with E-state index in [0.717, 1.165) is 0 Å². The zero-order valence-corrected chi connectivity index (χ0v) is 12.0. The second-order valence-corrected chi connectivity index (χ2v) is 5.47. The Morgan fingerprint density at radius 1 is 1.50 bits per heavy atom. The number of aliphatic carboxylic acids is 1.